The fourth-order valence-corrected chi connectivity index (χ4v) is 3.94. The Labute approximate surface area is 147 Å². The van der Waals surface area contributed by atoms with Gasteiger partial charge in [0.15, 0.2) is 0 Å². The number of amides is 2. The summed E-state index contributed by atoms with van der Waals surface area (Å²) in [5.74, 6) is 1.13. The lowest BCUT2D eigenvalue weighted by atomic mass is 9.94. The molecule has 1 aromatic carbocycles. The fourth-order valence-electron chi connectivity index (χ4n) is 3.94. The van der Waals surface area contributed by atoms with E-state index in [0.29, 0.717) is 6.61 Å². The maximum Gasteiger partial charge on any atom is 0.318 e. The number of nitrogens with one attached hydrogen (secondary N) is 2. The number of hydrogen-bond acceptors (Lipinski definition) is 3. The number of H-pyrrole nitrogens is 1. The molecule has 2 aliphatic rings. The van der Waals surface area contributed by atoms with Crippen LogP contribution in [0.2, 0.25) is 0 Å². The Hall–Kier alpha value is -2.50. The predicted molar refractivity (Wildman–Crippen MR) is 94.6 cm³/mol. The molecule has 1 aromatic heterocycles. The molecule has 132 valence electrons. The van der Waals surface area contributed by atoms with Gasteiger partial charge in [-0.1, -0.05) is 18.2 Å². The smallest absolute Gasteiger partial charge is 0.318 e. The largest absolute Gasteiger partial charge is 0.493 e. The molecule has 1 saturated heterocycles. The number of carbonyl (C=O) groups excluding carboxylic acids is 1. The molecular weight excluding hydrogens is 316 g/mol. The van der Waals surface area contributed by atoms with E-state index in [1.165, 1.54) is 5.56 Å². The highest BCUT2D eigenvalue weighted by molar-refractivity contribution is 5.75. The van der Waals surface area contributed by atoms with Crippen LogP contribution in [0, 0.1) is 0 Å². The third-order valence-corrected chi connectivity index (χ3v) is 5.36. The van der Waals surface area contributed by atoms with Crippen molar-refractivity contribution in [1.29, 1.82) is 0 Å². The second-order valence-corrected chi connectivity index (χ2v) is 6.93. The highest BCUT2D eigenvalue weighted by Gasteiger charge is 2.33. The first kappa shape index (κ1) is 16.0. The van der Waals surface area contributed by atoms with Crippen molar-refractivity contribution in [2.24, 2.45) is 0 Å². The molecular formula is C19H24N4O2. The lowest BCUT2D eigenvalue weighted by Gasteiger charge is -2.36. The minimum absolute atomic E-state index is 0.00258. The molecule has 2 amide bonds. The number of hydrogen-bond donors (Lipinski definition) is 2. The second kappa shape index (κ2) is 6.78. The SMILES string of the molecule is C[C@H](NC(=O)N1CCCC[C@@H]1c1cn[nH]c1)[C@H]1COc2ccccc21. The summed E-state index contributed by atoms with van der Waals surface area (Å²) in [7, 11) is 0. The molecule has 2 aliphatic heterocycles. The van der Waals surface area contributed by atoms with Crippen LogP contribution in [0.25, 0.3) is 0 Å². The zero-order valence-corrected chi connectivity index (χ0v) is 14.4. The van der Waals surface area contributed by atoms with Gasteiger partial charge in [-0.3, -0.25) is 5.10 Å². The monoisotopic (exact) mass is 340 g/mol. The van der Waals surface area contributed by atoms with Gasteiger partial charge in [0, 0.05) is 35.8 Å². The van der Waals surface area contributed by atoms with Gasteiger partial charge < -0.3 is 15.0 Å². The van der Waals surface area contributed by atoms with E-state index in [1.54, 1.807) is 0 Å². The molecule has 2 aromatic rings. The van der Waals surface area contributed by atoms with E-state index < -0.39 is 0 Å². The summed E-state index contributed by atoms with van der Waals surface area (Å²) < 4.78 is 5.76. The van der Waals surface area contributed by atoms with Gasteiger partial charge in [0.05, 0.1) is 18.8 Å². The predicted octanol–water partition coefficient (Wildman–Crippen LogP) is 3.21. The highest BCUT2D eigenvalue weighted by atomic mass is 16.5. The Morgan fingerprint density at radius 1 is 1.40 bits per heavy atom. The number of nitrogens with zero attached hydrogens (tertiary/aromatic N) is 2. The van der Waals surface area contributed by atoms with Crippen LogP contribution in [0.3, 0.4) is 0 Å². The summed E-state index contributed by atoms with van der Waals surface area (Å²) >= 11 is 0. The molecule has 3 heterocycles. The average Bonchev–Trinajstić information content (AvgIpc) is 3.31. The molecule has 0 aliphatic carbocycles. The standard InChI is InChI=1S/C19H24N4O2/c1-13(16-12-25-18-8-3-2-6-15(16)18)22-19(24)23-9-5-4-7-17(23)14-10-20-21-11-14/h2-3,6,8,10-11,13,16-17H,4-5,7,9,12H2,1H3,(H,20,21)(H,22,24)/t13-,16+,17+/m0/s1. The van der Waals surface area contributed by atoms with Gasteiger partial charge in [-0.15, -0.1) is 0 Å². The molecule has 6 nitrogen and oxygen atoms in total. The lowest BCUT2D eigenvalue weighted by Crippen LogP contribution is -2.48. The van der Waals surface area contributed by atoms with Crippen LogP contribution in [0.4, 0.5) is 4.79 Å². The Morgan fingerprint density at radius 3 is 3.12 bits per heavy atom. The van der Waals surface area contributed by atoms with Crippen molar-refractivity contribution in [2.75, 3.05) is 13.2 Å². The molecule has 0 radical (unpaired) electrons. The van der Waals surface area contributed by atoms with Crippen molar-refractivity contribution >= 4 is 6.03 Å². The van der Waals surface area contributed by atoms with Crippen LogP contribution < -0.4 is 10.1 Å². The fraction of sp³-hybridized carbons (Fsp3) is 0.474. The van der Waals surface area contributed by atoms with E-state index >= 15 is 0 Å². The van der Waals surface area contributed by atoms with Crippen LogP contribution in [0.15, 0.2) is 36.7 Å². The first-order valence-corrected chi connectivity index (χ1v) is 9.01. The first-order valence-electron chi connectivity index (χ1n) is 9.01. The maximum absolute atomic E-state index is 12.9. The molecule has 6 heteroatoms. The van der Waals surface area contributed by atoms with Crippen molar-refractivity contribution in [3.8, 4) is 5.75 Å². The zero-order valence-electron chi connectivity index (χ0n) is 14.4. The topological polar surface area (TPSA) is 70.2 Å². The molecule has 1 fully saturated rings. The van der Waals surface area contributed by atoms with Gasteiger partial charge in [-0.05, 0) is 32.3 Å². The summed E-state index contributed by atoms with van der Waals surface area (Å²) in [5.41, 5.74) is 2.26. The summed E-state index contributed by atoms with van der Waals surface area (Å²) in [6.07, 6.45) is 6.88. The van der Waals surface area contributed by atoms with Gasteiger partial charge in [0.25, 0.3) is 0 Å². The molecule has 0 bridgehead atoms. The Morgan fingerprint density at radius 2 is 2.28 bits per heavy atom. The first-order chi connectivity index (χ1) is 12.2. The summed E-state index contributed by atoms with van der Waals surface area (Å²) in [6, 6.07) is 8.20. The molecule has 2 N–H and O–H groups in total. The molecule has 25 heavy (non-hydrogen) atoms. The number of benzene rings is 1. The Bertz CT molecular complexity index is 731. The van der Waals surface area contributed by atoms with Gasteiger partial charge in [0.2, 0.25) is 0 Å². The number of aromatic nitrogens is 2. The van der Waals surface area contributed by atoms with Crippen LogP contribution in [-0.2, 0) is 0 Å². The van der Waals surface area contributed by atoms with Gasteiger partial charge in [-0.25, -0.2) is 4.79 Å². The van der Waals surface area contributed by atoms with Gasteiger partial charge in [-0.2, -0.15) is 5.10 Å². The van der Waals surface area contributed by atoms with E-state index in [2.05, 4.69) is 28.5 Å². The number of aromatic amines is 1. The number of para-hydroxylation sites is 1. The molecule has 3 atom stereocenters. The maximum atomic E-state index is 12.9. The van der Waals surface area contributed by atoms with Crippen molar-refractivity contribution < 1.29 is 9.53 Å². The van der Waals surface area contributed by atoms with Crippen molar-refractivity contribution in [1.82, 2.24) is 20.4 Å². The minimum atomic E-state index is 0.00258. The summed E-state index contributed by atoms with van der Waals surface area (Å²) in [6.45, 7) is 3.46. The van der Waals surface area contributed by atoms with Crippen molar-refractivity contribution in [3.63, 3.8) is 0 Å². The third kappa shape index (κ3) is 3.08. The van der Waals surface area contributed by atoms with Gasteiger partial charge in [0.1, 0.15) is 5.75 Å². The minimum Gasteiger partial charge on any atom is -0.493 e. The number of rotatable bonds is 3. The lowest BCUT2D eigenvalue weighted by molar-refractivity contribution is 0.147. The Balaban J connectivity index is 1.46. The van der Waals surface area contributed by atoms with E-state index in [-0.39, 0.29) is 24.0 Å². The third-order valence-electron chi connectivity index (χ3n) is 5.36. The van der Waals surface area contributed by atoms with Crippen LogP contribution >= 0.6 is 0 Å². The number of piperidine rings is 1. The van der Waals surface area contributed by atoms with E-state index in [9.17, 15) is 4.79 Å². The van der Waals surface area contributed by atoms with Crippen molar-refractivity contribution in [2.45, 2.75) is 44.2 Å². The van der Waals surface area contributed by atoms with Crippen molar-refractivity contribution in [3.05, 3.63) is 47.8 Å². The Kier molecular flexibility index (Phi) is 4.34. The molecule has 0 spiro atoms. The number of urea groups is 1. The quantitative estimate of drug-likeness (QED) is 0.901. The number of likely N-dealkylation sites (tertiary alicyclic amines) is 1. The number of ether oxygens (including phenoxy) is 1. The van der Waals surface area contributed by atoms with E-state index in [4.69, 9.17) is 4.74 Å². The number of fused-ring (bicyclic) bond motifs is 1. The summed E-state index contributed by atoms with van der Waals surface area (Å²) in [5, 5.41) is 10.1. The van der Waals surface area contributed by atoms with Gasteiger partial charge >= 0.3 is 6.03 Å². The zero-order chi connectivity index (χ0) is 17.2. The number of carbonyl (C=O) groups is 1. The highest BCUT2D eigenvalue weighted by Crippen LogP contribution is 2.36. The van der Waals surface area contributed by atoms with Crippen LogP contribution in [0.5, 0.6) is 5.75 Å². The summed E-state index contributed by atoms with van der Waals surface area (Å²) in [4.78, 5) is 14.9. The molecule has 0 saturated carbocycles. The molecule has 0 unspecified atom stereocenters. The van der Waals surface area contributed by atoms with Crippen LogP contribution in [-0.4, -0.2) is 40.3 Å². The molecule has 4 rings (SSSR count). The second-order valence-electron chi connectivity index (χ2n) is 6.93. The van der Waals surface area contributed by atoms with Crippen LogP contribution in [0.1, 0.15) is 49.3 Å². The van der Waals surface area contributed by atoms with E-state index in [0.717, 1.165) is 37.1 Å². The van der Waals surface area contributed by atoms with E-state index in [1.807, 2.05) is 35.5 Å². The normalized spacial score (nSPS) is 23.6. The average molecular weight is 340 g/mol.